The van der Waals surface area contributed by atoms with Crippen molar-refractivity contribution in [2.45, 2.75) is 6.54 Å². The zero-order valence-corrected chi connectivity index (χ0v) is 14.2. The molecule has 0 aliphatic rings. The maximum Gasteiger partial charge on any atom is 0.253 e. The molecule has 1 aromatic heterocycles. The van der Waals surface area contributed by atoms with Gasteiger partial charge in [-0.2, -0.15) is 0 Å². The summed E-state index contributed by atoms with van der Waals surface area (Å²) >= 11 is 3.26. The SMILES string of the molecule is C=C(Br)CNC(=O)c1cn(Cc2ccccc2)c2ccccc12. The number of rotatable bonds is 5. The first-order chi connectivity index (χ1) is 11.1. The zero-order valence-electron chi connectivity index (χ0n) is 12.6. The highest BCUT2D eigenvalue weighted by molar-refractivity contribution is 9.11. The molecule has 2 aromatic carbocycles. The van der Waals surface area contributed by atoms with Gasteiger partial charge in [-0.1, -0.05) is 71.0 Å². The molecule has 0 saturated carbocycles. The van der Waals surface area contributed by atoms with Crippen LogP contribution >= 0.6 is 15.9 Å². The standard InChI is InChI=1S/C19H17BrN2O/c1-14(20)11-21-19(23)17-13-22(12-15-7-3-2-4-8-15)18-10-6-5-9-16(17)18/h2-10,13H,1,11-12H2,(H,21,23). The van der Waals surface area contributed by atoms with Gasteiger partial charge in [0.05, 0.1) is 5.56 Å². The third kappa shape index (κ3) is 3.54. The van der Waals surface area contributed by atoms with Crippen molar-refractivity contribution in [1.29, 1.82) is 0 Å². The van der Waals surface area contributed by atoms with Gasteiger partial charge in [0.25, 0.3) is 5.91 Å². The van der Waals surface area contributed by atoms with Crippen LogP contribution in [-0.2, 0) is 6.54 Å². The third-order valence-electron chi connectivity index (χ3n) is 3.67. The van der Waals surface area contributed by atoms with Crippen molar-refractivity contribution >= 4 is 32.7 Å². The normalized spacial score (nSPS) is 10.7. The maximum atomic E-state index is 12.4. The second-order valence-electron chi connectivity index (χ2n) is 5.37. The van der Waals surface area contributed by atoms with Crippen molar-refractivity contribution in [2.75, 3.05) is 6.54 Å². The second kappa shape index (κ2) is 6.84. The van der Waals surface area contributed by atoms with E-state index >= 15 is 0 Å². The first-order valence-electron chi connectivity index (χ1n) is 7.38. The number of halogens is 1. The van der Waals surface area contributed by atoms with Crippen LogP contribution in [0, 0.1) is 0 Å². The molecule has 116 valence electrons. The van der Waals surface area contributed by atoms with Gasteiger partial charge in [-0.25, -0.2) is 0 Å². The Bertz CT molecular complexity index is 852. The van der Waals surface area contributed by atoms with Crippen LogP contribution in [0.5, 0.6) is 0 Å². The fourth-order valence-corrected chi connectivity index (χ4v) is 2.75. The van der Waals surface area contributed by atoms with Gasteiger partial charge in [-0.3, -0.25) is 4.79 Å². The van der Waals surface area contributed by atoms with E-state index in [9.17, 15) is 4.79 Å². The number of nitrogens with zero attached hydrogens (tertiary/aromatic N) is 1. The van der Waals surface area contributed by atoms with Crippen molar-refractivity contribution in [3.8, 4) is 0 Å². The topological polar surface area (TPSA) is 34.0 Å². The van der Waals surface area contributed by atoms with E-state index in [1.165, 1.54) is 5.56 Å². The molecule has 0 saturated heterocycles. The third-order valence-corrected chi connectivity index (χ3v) is 3.95. The lowest BCUT2D eigenvalue weighted by Crippen LogP contribution is -2.24. The number of carbonyl (C=O) groups is 1. The minimum atomic E-state index is -0.0892. The molecule has 1 N–H and O–H groups in total. The quantitative estimate of drug-likeness (QED) is 0.714. The molecule has 3 rings (SSSR count). The molecule has 23 heavy (non-hydrogen) atoms. The predicted octanol–water partition coefficient (Wildman–Crippen LogP) is 4.33. The van der Waals surface area contributed by atoms with Crippen molar-refractivity contribution in [3.63, 3.8) is 0 Å². The van der Waals surface area contributed by atoms with Crippen LogP contribution in [0.25, 0.3) is 10.9 Å². The van der Waals surface area contributed by atoms with Gasteiger partial charge >= 0.3 is 0 Å². The van der Waals surface area contributed by atoms with Crippen molar-refractivity contribution in [3.05, 3.63) is 83.0 Å². The predicted molar refractivity (Wildman–Crippen MR) is 97.9 cm³/mol. The average molecular weight is 369 g/mol. The van der Waals surface area contributed by atoms with E-state index in [1.54, 1.807) is 0 Å². The van der Waals surface area contributed by atoms with Crippen molar-refractivity contribution < 1.29 is 4.79 Å². The number of fused-ring (bicyclic) bond motifs is 1. The second-order valence-corrected chi connectivity index (χ2v) is 6.49. The Kier molecular flexibility index (Phi) is 4.63. The molecule has 0 radical (unpaired) electrons. The summed E-state index contributed by atoms with van der Waals surface area (Å²) in [5.41, 5.74) is 2.94. The lowest BCUT2D eigenvalue weighted by Gasteiger charge is -2.05. The highest BCUT2D eigenvalue weighted by Gasteiger charge is 2.14. The van der Waals surface area contributed by atoms with Crippen LogP contribution in [-0.4, -0.2) is 17.0 Å². The molecule has 0 aliphatic heterocycles. The number of nitrogens with one attached hydrogen (secondary N) is 1. The van der Waals surface area contributed by atoms with Crippen LogP contribution in [0.2, 0.25) is 0 Å². The molecule has 1 amide bonds. The van der Waals surface area contributed by atoms with Gasteiger partial charge in [0, 0.05) is 34.7 Å². The lowest BCUT2D eigenvalue weighted by molar-refractivity contribution is 0.0959. The number of amides is 1. The highest BCUT2D eigenvalue weighted by Crippen LogP contribution is 2.22. The lowest BCUT2D eigenvalue weighted by atomic mass is 10.1. The van der Waals surface area contributed by atoms with E-state index in [0.29, 0.717) is 12.1 Å². The summed E-state index contributed by atoms with van der Waals surface area (Å²) in [5.74, 6) is -0.0892. The first kappa shape index (κ1) is 15.6. The number of hydrogen-bond acceptors (Lipinski definition) is 1. The van der Waals surface area contributed by atoms with Gasteiger partial charge < -0.3 is 9.88 Å². The minimum absolute atomic E-state index is 0.0892. The number of carbonyl (C=O) groups excluding carboxylic acids is 1. The van der Waals surface area contributed by atoms with E-state index < -0.39 is 0 Å². The van der Waals surface area contributed by atoms with Gasteiger partial charge in [0.15, 0.2) is 0 Å². The molecule has 0 spiro atoms. The monoisotopic (exact) mass is 368 g/mol. The summed E-state index contributed by atoms with van der Waals surface area (Å²) in [6.07, 6.45) is 1.92. The molecular weight excluding hydrogens is 352 g/mol. The van der Waals surface area contributed by atoms with Crippen LogP contribution in [0.4, 0.5) is 0 Å². The summed E-state index contributed by atoms with van der Waals surface area (Å²) in [6.45, 7) is 4.89. The number of benzene rings is 2. The van der Waals surface area contributed by atoms with Gasteiger partial charge in [-0.15, -0.1) is 0 Å². The zero-order chi connectivity index (χ0) is 16.2. The summed E-state index contributed by atoms with van der Waals surface area (Å²) in [5, 5.41) is 3.83. The molecule has 3 nitrogen and oxygen atoms in total. The summed E-state index contributed by atoms with van der Waals surface area (Å²) in [7, 11) is 0. The van der Waals surface area contributed by atoms with Crippen LogP contribution < -0.4 is 5.32 Å². The van der Waals surface area contributed by atoms with E-state index in [-0.39, 0.29) is 5.91 Å². The Labute approximate surface area is 143 Å². The fourth-order valence-electron chi connectivity index (χ4n) is 2.61. The molecular formula is C19H17BrN2O. The number of para-hydroxylation sites is 1. The van der Waals surface area contributed by atoms with E-state index in [0.717, 1.165) is 21.9 Å². The number of hydrogen-bond donors (Lipinski definition) is 1. The van der Waals surface area contributed by atoms with E-state index in [1.807, 2.05) is 48.7 Å². The van der Waals surface area contributed by atoms with Crippen molar-refractivity contribution in [1.82, 2.24) is 9.88 Å². The van der Waals surface area contributed by atoms with E-state index in [2.05, 4.69) is 44.5 Å². The van der Waals surface area contributed by atoms with E-state index in [4.69, 9.17) is 0 Å². The Balaban J connectivity index is 1.96. The smallest absolute Gasteiger partial charge is 0.253 e. The maximum absolute atomic E-state index is 12.4. The average Bonchev–Trinajstić information content (AvgIpc) is 2.92. The van der Waals surface area contributed by atoms with Gasteiger partial charge in [0.1, 0.15) is 0 Å². The first-order valence-corrected chi connectivity index (χ1v) is 8.18. The van der Waals surface area contributed by atoms with Crippen LogP contribution in [0.3, 0.4) is 0 Å². The Hall–Kier alpha value is -2.33. The molecule has 0 unspecified atom stereocenters. The molecule has 1 heterocycles. The summed E-state index contributed by atoms with van der Waals surface area (Å²) in [6, 6.07) is 18.2. The van der Waals surface area contributed by atoms with Crippen LogP contribution in [0.15, 0.2) is 71.9 Å². The largest absolute Gasteiger partial charge is 0.347 e. The molecule has 3 aromatic rings. The summed E-state index contributed by atoms with van der Waals surface area (Å²) < 4.78 is 2.86. The van der Waals surface area contributed by atoms with Gasteiger partial charge in [-0.05, 0) is 11.6 Å². The Morgan fingerprint density at radius 3 is 2.52 bits per heavy atom. The Morgan fingerprint density at radius 2 is 1.78 bits per heavy atom. The molecule has 0 bridgehead atoms. The highest BCUT2D eigenvalue weighted by atomic mass is 79.9. The Morgan fingerprint density at radius 1 is 1.09 bits per heavy atom. The minimum Gasteiger partial charge on any atom is -0.347 e. The summed E-state index contributed by atoms with van der Waals surface area (Å²) in [4.78, 5) is 12.4. The van der Waals surface area contributed by atoms with Crippen LogP contribution in [0.1, 0.15) is 15.9 Å². The molecule has 0 fully saturated rings. The molecule has 0 atom stereocenters. The molecule has 4 heteroatoms. The van der Waals surface area contributed by atoms with Gasteiger partial charge in [0.2, 0.25) is 0 Å². The number of aromatic nitrogens is 1. The molecule has 0 aliphatic carbocycles. The fraction of sp³-hybridized carbons (Fsp3) is 0.105. The van der Waals surface area contributed by atoms with Crippen molar-refractivity contribution in [2.24, 2.45) is 0 Å².